The molecule has 1 fully saturated rings. The van der Waals surface area contributed by atoms with E-state index in [1.807, 2.05) is 0 Å². The molecule has 0 saturated carbocycles. The van der Waals surface area contributed by atoms with Gasteiger partial charge in [-0.2, -0.15) is 0 Å². The molecule has 3 heterocycles. The Morgan fingerprint density at radius 1 is 1.44 bits per heavy atom. The first kappa shape index (κ1) is 9.59. The zero-order valence-electron chi connectivity index (χ0n) is 8.86. The van der Waals surface area contributed by atoms with Crippen LogP contribution in [0.2, 0.25) is 0 Å². The quantitative estimate of drug-likeness (QED) is 0.793. The van der Waals surface area contributed by atoms with E-state index in [1.54, 1.807) is 6.20 Å². The van der Waals surface area contributed by atoms with Gasteiger partial charge in [0.05, 0.1) is 12.0 Å². The Hall–Kier alpha value is -1.62. The molecule has 0 bridgehead atoms. The average Bonchev–Trinajstić information content (AvgIpc) is 2.70. The highest BCUT2D eigenvalue weighted by molar-refractivity contribution is 5.79. The predicted octanol–water partition coefficient (Wildman–Crippen LogP) is 0.746. The molecule has 3 rings (SSSR count). The van der Waals surface area contributed by atoms with Crippen LogP contribution in [0.25, 0.3) is 11.0 Å². The van der Waals surface area contributed by atoms with Crippen LogP contribution in [-0.2, 0) is 0 Å². The molecule has 0 atom stereocenters. The second kappa shape index (κ2) is 4.09. The number of aromatic amines is 1. The Labute approximate surface area is 93.2 Å². The van der Waals surface area contributed by atoms with Crippen LogP contribution in [0.5, 0.6) is 5.88 Å². The van der Waals surface area contributed by atoms with Gasteiger partial charge in [0, 0.05) is 12.3 Å². The fraction of sp³-hybridized carbons (Fsp3) is 0.455. The standard InChI is InChI=1S/C11H13N4O/c1-3-13-10-9(1)11(15-7-14-10)16-4-2-8-5-12-6-8/h3,7-8,12H,2,4-6H2,(H,13,14,15). The number of nitrogens with zero attached hydrogens (tertiary/aromatic N) is 2. The van der Waals surface area contributed by atoms with Crippen LogP contribution < -0.4 is 10.1 Å². The van der Waals surface area contributed by atoms with Crippen molar-refractivity contribution in [1.29, 1.82) is 0 Å². The SMILES string of the molecule is [c]1c[nH]c2ncnc(OCCC3CNC3)c12. The van der Waals surface area contributed by atoms with Gasteiger partial charge in [-0.3, -0.25) is 0 Å². The summed E-state index contributed by atoms with van der Waals surface area (Å²) in [5.74, 6) is 1.38. The largest absolute Gasteiger partial charge is 0.477 e. The average molecular weight is 217 g/mol. The minimum absolute atomic E-state index is 0.624. The van der Waals surface area contributed by atoms with Crippen molar-refractivity contribution in [3.8, 4) is 5.88 Å². The Morgan fingerprint density at radius 2 is 2.38 bits per heavy atom. The smallest absolute Gasteiger partial charge is 0.226 e. The number of H-pyrrole nitrogens is 1. The fourth-order valence-corrected chi connectivity index (χ4v) is 1.77. The normalized spacial score (nSPS) is 16.2. The van der Waals surface area contributed by atoms with Crippen LogP contribution in [0.3, 0.4) is 0 Å². The monoisotopic (exact) mass is 217 g/mol. The molecule has 0 aromatic carbocycles. The maximum atomic E-state index is 5.65. The molecule has 0 amide bonds. The molecule has 0 unspecified atom stereocenters. The molecule has 1 radical (unpaired) electrons. The number of nitrogens with one attached hydrogen (secondary N) is 2. The summed E-state index contributed by atoms with van der Waals surface area (Å²) in [6.07, 6.45) is 4.30. The summed E-state index contributed by atoms with van der Waals surface area (Å²) >= 11 is 0. The van der Waals surface area contributed by atoms with Gasteiger partial charge in [0.15, 0.2) is 0 Å². The molecule has 1 aliphatic heterocycles. The van der Waals surface area contributed by atoms with Gasteiger partial charge in [-0.05, 0) is 25.4 Å². The number of hydrogen-bond acceptors (Lipinski definition) is 4. The fourth-order valence-electron chi connectivity index (χ4n) is 1.77. The van der Waals surface area contributed by atoms with E-state index in [0.717, 1.165) is 36.5 Å². The van der Waals surface area contributed by atoms with Crippen molar-refractivity contribution in [3.63, 3.8) is 0 Å². The summed E-state index contributed by atoms with van der Waals surface area (Å²) in [7, 11) is 0. The molecule has 16 heavy (non-hydrogen) atoms. The molecule has 0 spiro atoms. The maximum absolute atomic E-state index is 5.65. The topological polar surface area (TPSA) is 62.8 Å². The van der Waals surface area contributed by atoms with Crippen LogP contribution in [-0.4, -0.2) is 34.6 Å². The van der Waals surface area contributed by atoms with Gasteiger partial charge in [-0.25, -0.2) is 9.97 Å². The van der Waals surface area contributed by atoms with Gasteiger partial charge in [0.1, 0.15) is 12.0 Å². The molecule has 2 aromatic rings. The lowest BCUT2D eigenvalue weighted by atomic mass is 10.0. The van der Waals surface area contributed by atoms with Crippen LogP contribution in [0, 0.1) is 12.0 Å². The predicted molar refractivity (Wildman–Crippen MR) is 59.2 cm³/mol. The van der Waals surface area contributed by atoms with Crippen LogP contribution in [0.1, 0.15) is 6.42 Å². The molecule has 1 aliphatic rings. The Kier molecular flexibility index (Phi) is 2.46. The van der Waals surface area contributed by atoms with Crippen molar-refractivity contribution in [2.75, 3.05) is 19.7 Å². The summed E-state index contributed by atoms with van der Waals surface area (Å²) in [6.45, 7) is 2.93. The van der Waals surface area contributed by atoms with Crippen LogP contribution in [0.15, 0.2) is 12.5 Å². The van der Waals surface area contributed by atoms with Gasteiger partial charge in [-0.15, -0.1) is 0 Å². The van der Waals surface area contributed by atoms with Gasteiger partial charge in [0.25, 0.3) is 0 Å². The first-order valence-corrected chi connectivity index (χ1v) is 5.47. The highest BCUT2D eigenvalue weighted by Gasteiger charge is 2.16. The molecule has 5 nitrogen and oxygen atoms in total. The molecule has 2 N–H and O–H groups in total. The van der Waals surface area contributed by atoms with E-state index in [1.165, 1.54) is 6.33 Å². The molecular formula is C11H13N4O. The van der Waals surface area contributed by atoms with E-state index in [0.29, 0.717) is 12.5 Å². The first-order chi connectivity index (χ1) is 7.93. The van der Waals surface area contributed by atoms with Crippen molar-refractivity contribution in [2.45, 2.75) is 6.42 Å². The Morgan fingerprint density at radius 3 is 3.19 bits per heavy atom. The van der Waals surface area contributed by atoms with Crippen LogP contribution in [0.4, 0.5) is 0 Å². The number of aromatic nitrogens is 3. The Balaban J connectivity index is 1.66. The minimum atomic E-state index is 0.624. The molecule has 83 valence electrons. The van der Waals surface area contributed by atoms with Crippen molar-refractivity contribution >= 4 is 11.0 Å². The lowest BCUT2D eigenvalue weighted by molar-refractivity contribution is 0.234. The van der Waals surface area contributed by atoms with Crippen molar-refractivity contribution in [2.24, 2.45) is 5.92 Å². The van der Waals surface area contributed by atoms with E-state index in [-0.39, 0.29) is 0 Å². The van der Waals surface area contributed by atoms with E-state index in [9.17, 15) is 0 Å². The summed E-state index contributed by atoms with van der Waals surface area (Å²) in [6, 6.07) is 3.04. The van der Waals surface area contributed by atoms with Gasteiger partial charge in [0.2, 0.25) is 5.88 Å². The van der Waals surface area contributed by atoms with Gasteiger partial charge in [-0.1, -0.05) is 0 Å². The summed E-state index contributed by atoms with van der Waals surface area (Å²) < 4.78 is 5.65. The molecular weight excluding hydrogens is 204 g/mol. The second-order valence-corrected chi connectivity index (χ2v) is 4.00. The summed E-state index contributed by atoms with van der Waals surface area (Å²) in [5.41, 5.74) is 0.773. The first-order valence-electron chi connectivity index (χ1n) is 5.47. The van der Waals surface area contributed by atoms with Crippen LogP contribution >= 0.6 is 0 Å². The van der Waals surface area contributed by atoms with Crippen molar-refractivity contribution in [1.82, 2.24) is 20.3 Å². The lowest BCUT2D eigenvalue weighted by Crippen LogP contribution is -2.42. The molecule has 1 saturated heterocycles. The van der Waals surface area contributed by atoms with Gasteiger partial charge < -0.3 is 15.0 Å². The van der Waals surface area contributed by atoms with E-state index in [2.05, 4.69) is 26.3 Å². The summed E-state index contributed by atoms with van der Waals surface area (Å²) in [4.78, 5) is 11.2. The van der Waals surface area contributed by atoms with E-state index >= 15 is 0 Å². The third kappa shape index (κ3) is 1.74. The molecule has 5 heteroatoms. The minimum Gasteiger partial charge on any atom is -0.477 e. The van der Waals surface area contributed by atoms with Crippen molar-refractivity contribution < 1.29 is 4.74 Å². The zero-order chi connectivity index (χ0) is 10.8. The summed E-state index contributed by atoms with van der Waals surface area (Å²) in [5, 5.41) is 4.07. The highest BCUT2D eigenvalue weighted by Crippen LogP contribution is 2.19. The lowest BCUT2D eigenvalue weighted by Gasteiger charge is -2.26. The maximum Gasteiger partial charge on any atom is 0.226 e. The third-order valence-electron chi connectivity index (χ3n) is 2.87. The molecule has 2 aromatic heterocycles. The van der Waals surface area contributed by atoms with E-state index in [4.69, 9.17) is 4.74 Å². The molecule has 0 aliphatic carbocycles. The van der Waals surface area contributed by atoms with Crippen molar-refractivity contribution in [3.05, 3.63) is 18.6 Å². The van der Waals surface area contributed by atoms with E-state index < -0.39 is 0 Å². The number of hydrogen-bond donors (Lipinski definition) is 2. The second-order valence-electron chi connectivity index (χ2n) is 4.00. The number of rotatable bonds is 4. The highest BCUT2D eigenvalue weighted by atomic mass is 16.5. The van der Waals surface area contributed by atoms with Gasteiger partial charge >= 0.3 is 0 Å². The Bertz CT molecular complexity index is 478. The third-order valence-corrected chi connectivity index (χ3v) is 2.87. The number of fused-ring (bicyclic) bond motifs is 1. The number of ether oxygens (including phenoxy) is 1. The zero-order valence-corrected chi connectivity index (χ0v) is 8.86.